The van der Waals surface area contributed by atoms with E-state index in [2.05, 4.69) is 118 Å². The van der Waals surface area contributed by atoms with Crippen molar-refractivity contribution in [2.24, 2.45) is 0 Å². The number of benzene rings is 5. The van der Waals surface area contributed by atoms with E-state index in [4.69, 9.17) is 9.97 Å². The van der Waals surface area contributed by atoms with Crippen LogP contribution in [0.5, 0.6) is 0 Å². The maximum absolute atomic E-state index is 14.5. The van der Waals surface area contributed by atoms with Gasteiger partial charge < -0.3 is 9.97 Å². The van der Waals surface area contributed by atoms with Crippen molar-refractivity contribution in [2.45, 2.75) is 34.6 Å². The predicted molar refractivity (Wildman–Crippen MR) is 219 cm³/mol. The fourth-order valence-electron chi connectivity index (χ4n) is 7.62. The van der Waals surface area contributed by atoms with Gasteiger partial charge >= 0.3 is 0 Å². The van der Waals surface area contributed by atoms with Crippen LogP contribution in [0.15, 0.2) is 134 Å². The van der Waals surface area contributed by atoms with Gasteiger partial charge in [-0.25, -0.2) is 8.78 Å². The molecule has 2 radical (unpaired) electrons. The molecule has 0 unspecified atom stereocenters. The summed E-state index contributed by atoms with van der Waals surface area (Å²) < 4.78 is 28.0. The van der Waals surface area contributed by atoms with E-state index < -0.39 is 11.6 Å². The number of hydrogen-bond acceptors (Lipinski definition) is 3. The van der Waals surface area contributed by atoms with Crippen LogP contribution in [0.25, 0.3) is 78.3 Å². The largest absolute Gasteiger partial charge is 0.352 e. The van der Waals surface area contributed by atoms with E-state index in [1.807, 2.05) is 42.6 Å². The quantitative estimate of drug-likeness (QED) is 0.149. The van der Waals surface area contributed by atoms with Crippen LogP contribution in [0.2, 0.25) is 0 Å². The second-order valence-electron chi connectivity index (χ2n) is 13.9. The van der Waals surface area contributed by atoms with Crippen LogP contribution in [0.3, 0.4) is 0 Å². The number of rotatable bonds is 7. The van der Waals surface area contributed by atoms with Gasteiger partial charge in [0.15, 0.2) is 0 Å². The van der Waals surface area contributed by atoms with Crippen molar-refractivity contribution in [3.63, 3.8) is 0 Å². The van der Waals surface area contributed by atoms with E-state index in [-0.39, 0.29) is 45.9 Å². The molecule has 0 aliphatic carbocycles. The monoisotopic (exact) mass is 1100 g/mol. The molecule has 0 amide bonds. The van der Waals surface area contributed by atoms with Crippen LogP contribution in [0.1, 0.15) is 27.8 Å². The molecule has 0 aliphatic rings. The Labute approximate surface area is 360 Å². The van der Waals surface area contributed by atoms with Crippen molar-refractivity contribution >= 4 is 0 Å². The molecule has 0 aliphatic heterocycles. The molecule has 0 saturated carbocycles. The summed E-state index contributed by atoms with van der Waals surface area (Å²) in [5.74, 6) is -1.48. The molecule has 3 nitrogen and oxygen atoms in total. The number of aryl methyl sites for hydroxylation is 1. The molecular formula is C50H37F2Ir2N3-2. The molecule has 3 aromatic heterocycles. The van der Waals surface area contributed by atoms with Crippen LogP contribution in [0, 0.1) is 58.4 Å². The van der Waals surface area contributed by atoms with E-state index >= 15 is 0 Å². The van der Waals surface area contributed by atoms with Gasteiger partial charge in [0.2, 0.25) is 0 Å². The summed E-state index contributed by atoms with van der Waals surface area (Å²) in [5, 5.41) is 0. The Morgan fingerprint density at radius 1 is 0.456 bits per heavy atom. The van der Waals surface area contributed by atoms with Gasteiger partial charge in [-0.15, -0.1) is 47.5 Å². The molecule has 8 rings (SSSR count). The van der Waals surface area contributed by atoms with Gasteiger partial charge in [-0.05, 0) is 107 Å². The van der Waals surface area contributed by atoms with Crippen molar-refractivity contribution in [1.29, 1.82) is 0 Å². The molecule has 0 spiro atoms. The summed E-state index contributed by atoms with van der Waals surface area (Å²) in [6.07, 6.45) is 4.48. The third-order valence-corrected chi connectivity index (χ3v) is 10.6. The first-order chi connectivity index (χ1) is 26.7. The van der Waals surface area contributed by atoms with Gasteiger partial charge in [-0.1, -0.05) is 102 Å². The zero-order chi connectivity index (χ0) is 38.2. The summed E-state index contributed by atoms with van der Waals surface area (Å²) in [5.41, 5.74) is 18.9. The van der Waals surface area contributed by atoms with Crippen LogP contribution >= 0.6 is 0 Å². The standard InChI is InChI=1S/C50H37F2N3.2Ir/c1-30-25-47(54-29-44(30)35-13-7-6-8-14-35)37-21-19-36(20-22-37)40-15-9-11-17-42(40)48-31(2)33(4)49(34(5)32(48)3)43-18-12-10-16-41(43)46-24-23-38(27-53-46)50-45(52)26-39(51)28-55-50;;/h6-21,24-29H,1-5H3;;/q-2;;. The van der Waals surface area contributed by atoms with Gasteiger partial charge in [0, 0.05) is 63.7 Å². The van der Waals surface area contributed by atoms with E-state index in [0.717, 1.165) is 62.5 Å². The minimum Gasteiger partial charge on any atom is -0.352 e. The van der Waals surface area contributed by atoms with Crippen LogP contribution < -0.4 is 0 Å². The topological polar surface area (TPSA) is 38.7 Å². The minimum absolute atomic E-state index is 0. The molecule has 8 aromatic rings. The Morgan fingerprint density at radius 2 is 1.02 bits per heavy atom. The van der Waals surface area contributed by atoms with Crippen molar-refractivity contribution in [1.82, 2.24) is 15.0 Å². The fourth-order valence-corrected chi connectivity index (χ4v) is 7.62. The predicted octanol–water partition coefficient (Wildman–Crippen LogP) is 13.0. The zero-order valence-electron chi connectivity index (χ0n) is 32.0. The number of nitrogens with zero attached hydrogens (tertiary/aromatic N) is 3. The molecular weight excluding hydrogens is 1070 g/mol. The molecule has 286 valence electrons. The number of aromatic nitrogens is 3. The van der Waals surface area contributed by atoms with Crippen molar-refractivity contribution in [3.8, 4) is 78.3 Å². The molecule has 0 bridgehead atoms. The first-order valence-electron chi connectivity index (χ1n) is 18.2. The first-order valence-corrected chi connectivity index (χ1v) is 18.2. The Balaban J connectivity index is 0.00000275. The van der Waals surface area contributed by atoms with Crippen LogP contribution in [0.4, 0.5) is 8.78 Å². The van der Waals surface area contributed by atoms with Gasteiger partial charge in [-0.2, -0.15) is 0 Å². The van der Waals surface area contributed by atoms with E-state index in [9.17, 15) is 8.78 Å². The van der Waals surface area contributed by atoms with Crippen molar-refractivity contribution < 1.29 is 49.0 Å². The van der Waals surface area contributed by atoms with Crippen molar-refractivity contribution in [3.05, 3.63) is 185 Å². The first kappa shape index (κ1) is 41.3. The van der Waals surface area contributed by atoms with Crippen LogP contribution in [-0.4, -0.2) is 15.0 Å². The second kappa shape index (κ2) is 17.5. The summed E-state index contributed by atoms with van der Waals surface area (Å²) >= 11 is 0. The summed E-state index contributed by atoms with van der Waals surface area (Å²) in [7, 11) is 0. The number of pyridine rings is 3. The fraction of sp³-hybridized carbons (Fsp3) is 0.100. The normalized spacial score (nSPS) is 10.8. The summed E-state index contributed by atoms with van der Waals surface area (Å²) in [6.45, 7) is 10.9. The van der Waals surface area contributed by atoms with Crippen LogP contribution in [-0.2, 0) is 40.2 Å². The van der Waals surface area contributed by atoms with E-state index in [1.54, 1.807) is 6.07 Å². The molecule has 0 fully saturated rings. The average Bonchev–Trinajstić information content (AvgIpc) is 3.21. The molecule has 57 heavy (non-hydrogen) atoms. The van der Waals surface area contributed by atoms with Crippen molar-refractivity contribution in [2.75, 3.05) is 0 Å². The van der Waals surface area contributed by atoms with Gasteiger partial charge in [0.05, 0.1) is 6.20 Å². The average molecular weight is 1100 g/mol. The number of halogens is 2. The molecule has 0 atom stereocenters. The van der Waals surface area contributed by atoms with Gasteiger partial charge in [0.25, 0.3) is 0 Å². The zero-order valence-corrected chi connectivity index (χ0v) is 36.8. The maximum atomic E-state index is 14.5. The minimum atomic E-state index is -0.752. The molecule has 0 N–H and O–H groups in total. The summed E-state index contributed by atoms with van der Waals surface area (Å²) in [4.78, 5) is 13.4. The Morgan fingerprint density at radius 3 is 1.58 bits per heavy atom. The molecule has 0 saturated heterocycles. The maximum Gasteiger partial charge on any atom is 0.142 e. The summed E-state index contributed by atoms with van der Waals surface area (Å²) in [6, 6.07) is 44.8. The second-order valence-corrected chi connectivity index (χ2v) is 13.9. The smallest absolute Gasteiger partial charge is 0.142 e. The van der Waals surface area contributed by atoms with E-state index in [0.29, 0.717) is 11.3 Å². The number of hydrogen-bond donors (Lipinski definition) is 0. The molecule has 7 heteroatoms. The van der Waals surface area contributed by atoms with E-state index in [1.165, 1.54) is 45.1 Å². The van der Waals surface area contributed by atoms with Gasteiger partial charge in [0.1, 0.15) is 11.6 Å². The SMILES string of the molecule is Cc1cc(-c2[c-]cc(-c3ccccc3-c3c(C)c(C)c(-c4ccccc4-c4c[c-]c(-c5ncc(F)cc5F)cn4)c(C)c3C)cc2)ncc1-c1ccccc1.[Ir].[Ir]. The third kappa shape index (κ3) is 7.99. The van der Waals surface area contributed by atoms with Gasteiger partial charge in [-0.3, -0.25) is 4.98 Å². The third-order valence-electron chi connectivity index (χ3n) is 10.6. The molecule has 5 aromatic carbocycles. The Bertz CT molecular complexity index is 2680. The Kier molecular flexibility index (Phi) is 12.7. The molecule has 3 heterocycles. The Hall–Kier alpha value is -5.29.